The molecule has 0 aliphatic heterocycles. The smallest absolute Gasteiger partial charge is 0.0110 e. The van der Waals surface area contributed by atoms with Crippen LogP contribution in [0.1, 0.15) is 59.3 Å². The Labute approximate surface area is 108 Å². The van der Waals surface area contributed by atoms with Crippen molar-refractivity contribution in [1.82, 2.24) is 10.2 Å². The molecule has 2 nitrogen and oxygen atoms in total. The molecule has 1 fully saturated rings. The van der Waals surface area contributed by atoms with Gasteiger partial charge in [0.15, 0.2) is 0 Å². The Morgan fingerprint density at radius 1 is 1.12 bits per heavy atom. The van der Waals surface area contributed by atoms with Gasteiger partial charge in [0.05, 0.1) is 0 Å². The minimum Gasteiger partial charge on any atom is -0.315 e. The van der Waals surface area contributed by atoms with Crippen LogP contribution in [-0.2, 0) is 0 Å². The average Bonchev–Trinajstić information content (AvgIpc) is 2.34. The average molecular weight is 240 g/mol. The lowest BCUT2D eigenvalue weighted by Gasteiger charge is -2.27. The fourth-order valence-corrected chi connectivity index (χ4v) is 2.84. The van der Waals surface area contributed by atoms with Crippen LogP contribution in [0.5, 0.6) is 0 Å². The summed E-state index contributed by atoms with van der Waals surface area (Å²) in [6.07, 6.45) is 8.56. The zero-order valence-corrected chi connectivity index (χ0v) is 12.2. The highest BCUT2D eigenvalue weighted by atomic mass is 15.2. The van der Waals surface area contributed by atoms with Gasteiger partial charge in [-0.3, -0.25) is 4.90 Å². The van der Waals surface area contributed by atoms with Crippen molar-refractivity contribution in [3.05, 3.63) is 0 Å². The SMILES string of the molecule is CCCN(CCNCC1CCCCC1)C(C)C. The van der Waals surface area contributed by atoms with E-state index in [2.05, 4.69) is 31.0 Å². The van der Waals surface area contributed by atoms with Gasteiger partial charge >= 0.3 is 0 Å². The third-order valence-corrected chi connectivity index (χ3v) is 3.97. The predicted molar refractivity (Wildman–Crippen MR) is 76.4 cm³/mol. The highest BCUT2D eigenvalue weighted by Gasteiger charge is 2.13. The highest BCUT2D eigenvalue weighted by molar-refractivity contribution is 4.69. The number of nitrogens with one attached hydrogen (secondary N) is 1. The van der Waals surface area contributed by atoms with Crippen LogP contribution in [0.25, 0.3) is 0 Å². The summed E-state index contributed by atoms with van der Waals surface area (Å²) in [4.78, 5) is 2.58. The van der Waals surface area contributed by atoms with Gasteiger partial charge in [0.1, 0.15) is 0 Å². The molecule has 0 aromatic rings. The van der Waals surface area contributed by atoms with E-state index in [-0.39, 0.29) is 0 Å². The van der Waals surface area contributed by atoms with E-state index in [4.69, 9.17) is 0 Å². The minimum absolute atomic E-state index is 0.687. The summed E-state index contributed by atoms with van der Waals surface area (Å²) in [6, 6.07) is 0.687. The molecule has 0 aromatic carbocycles. The molecule has 0 heterocycles. The van der Waals surface area contributed by atoms with E-state index in [0.29, 0.717) is 6.04 Å². The molecule has 102 valence electrons. The lowest BCUT2D eigenvalue weighted by Crippen LogP contribution is -2.38. The van der Waals surface area contributed by atoms with Gasteiger partial charge in [-0.2, -0.15) is 0 Å². The summed E-state index contributed by atoms with van der Waals surface area (Å²) in [7, 11) is 0. The molecule has 1 N–H and O–H groups in total. The largest absolute Gasteiger partial charge is 0.315 e. The van der Waals surface area contributed by atoms with Crippen molar-refractivity contribution in [2.45, 2.75) is 65.3 Å². The zero-order valence-electron chi connectivity index (χ0n) is 12.2. The zero-order chi connectivity index (χ0) is 12.5. The van der Waals surface area contributed by atoms with E-state index in [0.717, 1.165) is 12.5 Å². The van der Waals surface area contributed by atoms with Crippen molar-refractivity contribution in [2.75, 3.05) is 26.2 Å². The molecule has 0 amide bonds. The van der Waals surface area contributed by atoms with Gasteiger partial charge < -0.3 is 5.32 Å². The molecule has 0 aromatic heterocycles. The second kappa shape index (κ2) is 8.93. The lowest BCUT2D eigenvalue weighted by atomic mass is 9.89. The van der Waals surface area contributed by atoms with Crippen LogP contribution in [0, 0.1) is 5.92 Å². The van der Waals surface area contributed by atoms with Crippen molar-refractivity contribution in [1.29, 1.82) is 0 Å². The highest BCUT2D eigenvalue weighted by Crippen LogP contribution is 2.22. The van der Waals surface area contributed by atoms with Gasteiger partial charge in [0.2, 0.25) is 0 Å². The van der Waals surface area contributed by atoms with Crippen molar-refractivity contribution in [3.8, 4) is 0 Å². The molecule has 17 heavy (non-hydrogen) atoms. The molecule has 1 rings (SSSR count). The lowest BCUT2D eigenvalue weighted by molar-refractivity contribution is 0.219. The van der Waals surface area contributed by atoms with Crippen LogP contribution in [-0.4, -0.2) is 37.1 Å². The molecular weight excluding hydrogens is 208 g/mol. The van der Waals surface area contributed by atoms with Crippen LogP contribution in [0.4, 0.5) is 0 Å². The van der Waals surface area contributed by atoms with Gasteiger partial charge in [0, 0.05) is 19.1 Å². The molecule has 0 radical (unpaired) electrons. The molecule has 0 spiro atoms. The van der Waals surface area contributed by atoms with Gasteiger partial charge in [-0.05, 0) is 52.1 Å². The molecular formula is C15H32N2. The number of nitrogens with zero attached hydrogens (tertiary/aromatic N) is 1. The quantitative estimate of drug-likeness (QED) is 0.655. The normalized spacial score (nSPS) is 18.2. The standard InChI is InChI=1S/C15H32N2/c1-4-11-17(14(2)3)12-10-16-13-15-8-6-5-7-9-15/h14-16H,4-13H2,1-3H3. The number of hydrogen-bond donors (Lipinski definition) is 1. The Morgan fingerprint density at radius 2 is 1.82 bits per heavy atom. The minimum atomic E-state index is 0.687. The van der Waals surface area contributed by atoms with Gasteiger partial charge in [-0.25, -0.2) is 0 Å². The summed E-state index contributed by atoms with van der Waals surface area (Å²) >= 11 is 0. The molecule has 0 saturated heterocycles. The summed E-state index contributed by atoms with van der Waals surface area (Å²) < 4.78 is 0. The fraction of sp³-hybridized carbons (Fsp3) is 1.00. The van der Waals surface area contributed by atoms with Crippen LogP contribution < -0.4 is 5.32 Å². The Bertz CT molecular complexity index is 174. The predicted octanol–water partition coefficient (Wildman–Crippen LogP) is 3.28. The fourth-order valence-electron chi connectivity index (χ4n) is 2.84. The van der Waals surface area contributed by atoms with Gasteiger partial charge in [-0.15, -0.1) is 0 Å². The summed E-state index contributed by atoms with van der Waals surface area (Å²) in [5.74, 6) is 0.961. The van der Waals surface area contributed by atoms with Crippen molar-refractivity contribution < 1.29 is 0 Å². The molecule has 1 saturated carbocycles. The Kier molecular flexibility index (Phi) is 7.87. The molecule has 0 atom stereocenters. The molecule has 0 bridgehead atoms. The molecule has 0 unspecified atom stereocenters. The van der Waals surface area contributed by atoms with Crippen LogP contribution in [0.3, 0.4) is 0 Å². The van der Waals surface area contributed by atoms with Gasteiger partial charge in [0.25, 0.3) is 0 Å². The maximum Gasteiger partial charge on any atom is 0.0110 e. The summed E-state index contributed by atoms with van der Waals surface area (Å²) in [6.45, 7) is 11.7. The second-order valence-electron chi connectivity index (χ2n) is 5.84. The third-order valence-electron chi connectivity index (χ3n) is 3.97. The van der Waals surface area contributed by atoms with E-state index in [1.807, 2.05) is 0 Å². The Balaban J connectivity index is 2.04. The first-order valence-corrected chi connectivity index (χ1v) is 7.68. The molecule has 1 aliphatic carbocycles. The van der Waals surface area contributed by atoms with Crippen molar-refractivity contribution in [2.24, 2.45) is 5.92 Å². The van der Waals surface area contributed by atoms with Crippen molar-refractivity contribution in [3.63, 3.8) is 0 Å². The number of rotatable bonds is 8. The van der Waals surface area contributed by atoms with Crippen LogP contribution >= 0.6 is 0 Å². The Hall–Kier alpha value is -0.0800. The number of hydrogen-bond acceptors (Lipinski definition) is 2. The molecule has 2 heteroatoms. The monoisotopic (exact) mass is 240 g/mol. The van der Waals surface area contributed by atoms with Crippen LogP contribution in [0.15, 0.2) is 0 Å². The maximum absolute atomic E-state index is 3.66. The molecule has 1 aliphatic rings. The van der Waals surface area contributed by atoms with E-state index in [1.165, 1.54) is 58.2 Å². The maximum atomic E-state index is 3.66. The topological polar surface area (TPSA) is 15.3 Å². The van der Waals surface area contributed by atoms with Crippen LogP contribution in [0.2, 0.25) is 0 Å². The Morgan fingerprint density at radius 3 is 2.41 bits per heavy atom. The second-order valence-corrected chi connectivity index (χ2v) is 5.84. The first-order valence-electron chi connectivity index (χ1n) is 7.68. The van der Waals surface area contributed by atoms with E-state index in [1.54, 1.807) is 0 Å². The third kappa shape index (κ3) is 6.42. The summed E-state index contributed by atoms with van der Waals surface area (Å²) in [5.41, 5.74) is 0. The first kappa shape index (κ1) is 15.0. The summed E-state index contributed by atoms with van der Waals surface area (Å²) in [5, 5.41) is 3.66. The van der Waals surface area contributed by atoms with E-state index >= 15 is 0 Å². The van der Waals surface area contributed by atoms with E-state index < -0.39 is 0 Å². The van der Waals surface area contributed by atoms with E-state index in [9.17, 15) is 0 Å². The van der Waals surface area contributed by atoms with Gasteiger partial charge in [-0.1, -0.05) is 26.2 Å². The first-order chi connectivity index (χ1) is 8.24. The van der Waals surface area contributed by atoms with Crippen molar-refractivity contribution >= 4 is 0 Å².